The number of nitrogens with zero attached hydrogens (tertiary/aromatic N) is 1. The van der Waals surface area contributed by atoms with E-state index in [0.29, 0.717) is 12.0 Å². The van der Waals surface area contributed by atoms with Gasteiger partial charge in [0.2, 0.25) is 0 Å². The van der Waals surface area contributed by atoms with E-state index in [0.717, 1.165) is 0 Å². The average Bonchev–Trinajstić information content (AvgIpc) is 2.68. The summed E-state index contributed by atoms with van der Waals surface area (Å²) in [6.45, 7) is 2.28. The Kier molecular flexibility index (Phi) is 4.95. The summed E-state index contributed by atoms with van der Waals surface area (Å²) in [4.78, 5) is 10.4. The smallest absolute Gasteiger partial charge is 0.269 e. The second-order valence-corrected chi connectivity index (χ2v) is 10.2. The van der Waals surface area contributed by atoms with Gasteiger partial charge in [-0.2, -0.15) is 0 Å². The molecule has 0 amide bonds. The first kappa shape index (κ1) is 16.9. The molecule has 0 saturated carbocycles. The van der Waals surface area contributed by atoms with Crippen molar-refractivity contribution in [2.75, 3.05) is 6.23 Å². The van der Waals surface area contributed by atoms with E-state index in [1.807, 2.05) is 12.1 Å². The van der Waals surface area contributed by atoms with Crippen molar-refractivity contribution in [2.24, 2.45) is 0 Å². The Labute approximate surface area is 147 Å². The average molecular weight is 349 g/mol. The van der Waals surface area contributed by atoms with Crippen LogP contribution in [0.25, 0.3) is 0 Å². The zero-order chi connectivity index (χ0) is 17.7. The fourth-order valence-corrected chi connectivity index (χ4v) is 5.82. The van der Waals surface area contributed by atoms with Crippen molar-refractivity contribution in [1.29, 1.82) is 0 Å². The number of ether oxygens (including phenoxy) is 1. The van der Waals surface area contributed by atoms with E-state index in [-0.39, 0.29) is 5.69 Å². The molecule has 0 heterocycles. The predicted molar refractivity (Wildman–Crippen MR) is 102 cm³/mol. The summed E-state index contributed by atoms with van der Waals surface area (Å²) in [6.07, 6.45) is 0.568. The first-order valence-corrected chi connectivity index (χ1v) is 10.8. The second kappa shape index (κ2) is 7.32. The van der Waals surface area contributed by atoms with Crippen molar-refractivity contribution in [3.8, 4) is 5.75 Å². The molecule has 0 aliphatic carbocycles. The van der Waals surface area contributed by atoms with Crippen molar-refractivity contribution in [2.45, 2.75) is 6.55 Å². The lowest BCUT2D eigenvalue weighted by Gasteiger charge is -2.28. The molecular weight excluding hydrogens is 330 g/mol. The van der Waals surface area contributed by atoms with E-state index >= 15 is 0 Å². The van der Waals surface area contributed by atoms with Gasteiger partial charge in [0, 0.05) is 12.1 Å². The molecular formula is C20H19NO3Si. The fraction of sp³-hybridized carbons (Fsp3) is 0.100. The third kappa shape index (κ3) is 3.77. The van der Waals surface area contributed by atoms with Crippen LogP contribution in [0.3, 0.4) is 0 Å². The predicted octanol–water partition coefficient (Wildman–Crippen LogP) is 3.41. The molecule has 3 rings (SSSR count). The topological polar surface area (TPSA) is 52.4 Å². The zero-order valence-electron chi connectivity index (χ0n) is 14.0. The van der Waals surface area contributed by atoms with Crippen molar-refractivity contribution in [3.63, 3.8) is 0 Å². The number of hydrogen-bond donors (Lipinski definition) is 0. The van der Waals surface area contributed by atoms with Crippen LogP contribution in [0.2, 0.25) is 6.55 Å². The highest BCUT2D eigenvalue weighted by molar-refractivity contribution is 7.01. The Morgan fingerprint density at radius 1 is 0.840 bits per heavy atom. The molecule has 0 aliphatic rings. The van der Waals surface area contributed by atoms with Crippen LogP contribution in [0.15, 0.2) is 84.9 Å². The fourth-order valence-electron chi connectivity index (χ4n) is 2.84. The van der Waals surface area contributed by atoms with Crippen LogP contribution >= 0.6 is 0 Å². The maximum Gasteiger partial charge on any atom is 0.269 e. The number of nitro groups is 1. The maximum absolute atomic E-state index is 10.8. The van der Waals surface area contributed by atoms with E-state index in [9.17, 15) is 10.1 Å². The first-order chi connectivity index (χ1) is 12.1. The van der Waals surface area contributed by atoms with Crippen LogP contribution in [0.4, 0.5) is 5.69 Å². The number of non-ortho nitro benzene ring substituents is 1. The van der Waals surface area contributed by atoms with Gasteiger partial charge in [-0.1, -0.05) is 77.6 Å². The van der Waals surface area contributed by atoms with Crippen molar-refractivity contribution in [3.05, 3.63) is 95.0 Å². The molecule has 4 nitrogen and oxygen atoms in total. The van der Waals surface area contributed by atoms with Crippen molar-refractivity contribution < 1.29 is 9.66 Å². The Hall–Kier alpha value is -2.92. The molecule has 0 aliphatic heterocycles. The van der Waals surface area contributed by atoms with Crippen LogP contribution in [-0.2, 0) is 0 Å². The van der Waals surface area contributed by atoms with Gasteiger partial charge in [-0.15, -0.1) is 0 Å². The monoisotopic (exact) mass is 349 g/mol. The number of rotatable bonds is 6. The van der Waals surface area contributed by atoms with Crippen LogP contribution < -0.4 is 15.1 Å². The first-order valence-electron chi connectivity index (χ1n) is 8.08. The third-order valence-corrected chi connectivity index (χ3v) is 8.33. The van der Waals surface area contributed by atoms with E-state index in [1.165, 1.54) is 22.5 Å². The second-order valence-electron chi connectivity index (χ2n) is 6.10. The number of nitro benzene ring substituents is 1. The Morgan fingerprint density at radius 3 is 1.76 bits per heavy atom. The number of hydrogen-bond acceptors (Lipinski definition) is 3. The highest BCUT2D eigenvalue weighted by Crippen LogP contribution is 2.18. The molecule has 0 atom stereocenters. The highest BCUT2D eigenvalue weighted by Gasteiger charge is 2.33. The van der Waals surface area contributed by atoms with Gasteiger partial charge in [0.15, 0.2) is 8.07 Å². The SMILES string of the molecule is C[Si](COc1ccc([N+](=O)[O-])cc1)(c1ccccc1)c1ccccc1. The van der Waals surface area contributed by atoms with Gasteiger partial charge in [0.05, 0.1) is 11.2 Å². The molecule has 0 radical (unpaired) electrons. The van der Waals surface area contributed by atoms with Crippen molar-refractivity contribution in [1.82, 2.24) is 0 Å². The molecule has 3 aromatic carbocycles. The molecule has 0 N–H and O–H groups in total. The maximum atomic E-state index is 10.8. The minimum Gasteiger partial charge on any atom is -0.496 e. The standard InChI is InChI=1S/C20H19NO3Si/c1-25(19-8-4-2-5-9-19,20-10-6-3-7-11-20)16-24-18-14-12-17(13-15-18)21(22)23/h2-15H,16H2,1H3. The van der Waals surface area contributed by atoms with Crippen LogP contribution in [-0.4, -0.2) is 19.2 Å². The third-order valence-electron chi connectivity index (χ3n) is 4.40. The summed E-state index contributed by atoms with van der Waals surface area (Å²) in [6, 6.07) is 27.1. The minimum absolute atomic E-state index is 0.0680. The number of benzene rings is 3. The van der Waals surface area contributed by atoms with Gasteiger partial charge in [-0.3, -0.25) is 10.1 Å². The van der Waals surface area contributed by atoms with Crippen LogP contribution in [0, 0.1) is 10.1 Å². The van der Waals surface area contributed by atoms with Gasteiger partial charge in [-0.25, -0.2) is 0 Å². The molecule has 0 fully saturated rings. The highest BCUT2D eigenvalue weighted by atomic mass is 28.3. The molecule has 0 bridgehead atoms. The molecule has 0 unspecified atom stereocenters. The molecule has 0 spiro atoms. The Balaban J connectivity index is 1.87. The van der Waals surface area contributed by atoms with Crippen LogP contribution in [0.5, 0.6) is 5.75 Å². The molecule has 126 valence electrons. The van der Waals surface area contributed by atoms with Crippen LogP contribution in [0.1, 0.15) is 0 Å². The lowest BCUT2D eigenvalue weighted by Crippen LogP contribution is -2.60. The lowest BCUT2D eigenvalue weighted by molar-refractivity contribution is -0.384. The molecule has 5 heteroatoms. The molecule has 0 saturated heterocycles. The summed E-state index contributed by atoms with van der Waals surface area (Å²) in [5.41, 5.74) is 0.0680. The van der Waals surface area contributed by atoms with E-state index in [1.54, 1.807) is 12.1 Å². The molecule has 0 aromatic heterocycles. The van der Waals surface area contributed by atoms with Gasteiger partial charge < -0.3 is 4.74 Å². The van der Waals surface area contributed by atoms with E-state index in [2.05, 4.69) is 55.1 Å². The van der Waals surface area contributed by atoms with Gasteiger partial charge in [-0.05, 0) is 12.1 Å². The minimum atomic E-state index is -2.08. The summed E-state index contributed by atoms with van der Waals surface area (Å²) < 4.78 is 6.05. The largest absolute Gasteiger partial charge is 0.496 e. The summed E-state index contributed by atoms with van der Waals surface area (Å²) in [5.74, 6) is 0.649. The van der Waals surface area contributed by atoms with Gasteiger partial charge >= 0.3 is 0 Å². The molecule has 25 heavy (non-hydrogen) atoms. The quantitative estimate of drug-likeness (QED) is 0.389. The summed E-state index contributed by atoms with van der Waals surface area (Å²) in [7, 11) is -2.08. The summed E-state index contributed by atoms with van der Waals surface area (Å²) in [5, 5.41) is 13.4. The Bertz CT molecular complexity index is 796. The Morgan fingerprint density at radius 2 is 1.32 bits per heavy atom. The lowest BCUT2D eigenvalue weighted by atomic mass is 10.3. The normalized spacial score (nSPS) is 11.1. The van der Waals surface area contributed by atoms with E-state index < -0.39 is 13.0 Å². The molecule has 3 aromatic rings. The van der Waals surface area contributed by atoms with E-state index in [4.69, 9.17) is 4.74 Å². The van der Waals surface area contributed by atoms with Gasteiger partial charge in [0.25, 0.3) is 5.69 Å². The van der Waals surface area contributed by atoms with Gasteiger partial charge in [0.1, 0.15) is 5.75 Å². The van der Waals surface area contributed by atoms with Crippen molar-refractivity contribution >= 4 is 24.1 Å². The zero-order valence-corrected chi connectivity index (χ0v) is 15.0. The summed E-state index contributed by atoms with van der Waals surface area (Å²) >= 11 is 0.